The first-order valence-electron chi connectivity index (χ1n) is 12.0. The van der Waals surface area contributed by atoms with Crippen molar-refractivity contribution in [2.24, 2.45) is 5.10 Å². The van der Waals surface area contributed by atoms with Crippen LogP contribution in [0.5, 0.6) is 0 Å². The number of carbonyl (C=O) groups excluding carboxylic acids is 1. The van der Waals surface area contributed by atoms with Crippen LogP contribution >= 0.6 is 11.6 Å². The van der Waals surface area contributed by atoms with E-state index in [0.717, 1.165) is 10.4 Å². The number of nitrogens with zero attached hydrogens (tertiary/aromatic N) is 3. The largest absolute Gasteiger partial charge is 0.481 e. The number of nitro groups is 1. The van der Waals surface area contributed by atoms with Crippen molar-refractivity contribution in [3.05, 3.63) is 109 Å². The van der Waals surface area contributed by atoms with Crippen LogP contribution < -0.4 is 5.56 Å². The number of benzene rings is 3. The summed E-state index contributed by atoms with van der Waals surface area (Å²) in [5, 5.41) is 27.5. The number of rotatable bonds is 7. The molecule has 2 N–H and O–H groups in total. The first-order chi connectivity index (χ1) is 18.7. The molecule has 11 heteroatoms. The van der Waals surface area contributed by atoms with Gasteiger partial charge in [0.05, 0.1) is 28.7 Å². The van der Waals surface area contributed by atoms with Crippen molar-refractivity contribution in [2.75, 3.05) is 0 Å². The third-order valence-corrected chi connectivity index (χ3v) is 6.78. The standard InChI is InChI=1S/C28H21ClN4O6/c29-18-10-8-16(9-11-18)26-20-6-1-2-7-21(20)30-28(37)27(26)22-15-23(17-4-3-5-19(14-17)33(38)39)32(31-22)24(34)12-13-25(35)36/h1-11,14,23H,12-13,15H2,(H,30,37)(H,35,36)/t23-/m0/s1. The van der Waals surface area contributed by atoms with Crippen LogP contribution in [0.15, 0.2) is 82.7 Å². The number of aromatic nitrogens is 1. The number of nitro benzene ring substituents is 1. The first-order valence-corrected chi connectivity index (χ1v) is 12.4. The number of carboxylic acid groups (broad SMARTS) is 1. The van der Waals surface area contributed by atoms with Crippen molar-refractivity contribution >= 4 is 45.8 Å². The molecule has 0 radical (unpaired) electrons. The van der Waals surface area contributed by atoms with Crippen molar-refractivity contribution in [3.63, 3.8) is 0 Å². The predicted molar refractivity (Wildman–Crippen MR) is 146 cm³/mol. The van der Waals surface area contributed by atoms with Gasteiger partial charge in [-0.3, -0.25) is 24.5 Å². The molecule has 0 fully saturated rings. The Morgan fingerprint density at radius 1 is 1.05 bits per heavy atom. The van der Waals surface area contributed by atoms with Crippen LogP contribution in [0.2, 0.25) is 5.02 Å². The van der Waals surface area contributed by atoms with Crippen LogP contribution in [0, 0.1) is 10.1 Å². The molecule has 5 rings (SSSR count). The molecule has 196 valence electrons. The van der Waals surface area contributed by atoms with E-state index in [4.69, 9.17) is 16.7 Å². The highest BCUT2D eigenvalue weighted by Gasteiger charge is 2.36. The topological polar surface area (TPSA) is 146 Å². The van der Waals surface area contributed by atoms with Crippen molar-refractivity contribution in [1.82, 2.24) is 9.99 Å². The maximum absolute atomic E-state index is 13.5. The molecule has 10 nitrogen and oxygen atoms in total. The zero-order valence-corrected chi connectivity index (χ0v) is 21.1. The summed E-state index contributed by atoms with van der Waals surface area (Å²) in [6.07, 6.45) is -0.647. The molecule has 0 spiro atoms. The number of H-pyrrole nitrogens is 1. The molecule has 1 atom stereocenters. The molecule has 0 unspecified atom stereocenters. The lowest BCUT2D eigenvalue weighted by molar-refractivity contribution is -0.385. The lowest BCUT2D eigenvalue weighted by Gasteiger charge is -2.21. The molecule has 0 aliphatic carbocycles. The normalized spacial score (nSPS) is 14.8. The molecule has 2 heterocycles. The van der Waals surface area contributed by atoms with Gasteiger partial charge in [-0.05, 0) is 29.3 Å². The number of pyridine rings is 1. The fraction of sp³-hybridized carbons (Fsp3) is 0.143. The summed E-state index contributed by atoms with van der Waals surface area (Å²) in [4.78, 5) is 51.6. The second kappa shape index (κ2) is 10.5. The smallest absolute Gasteiger partial charge is 0.303 e. The van der Waals surface area contributed by atoms with Gasteiger partial charge in [-0.15, -0.1) is 0 Å². The average Bonchev–Trinajstić information content (AvgIpc) is 3.36. The van der Waals surface area contributed by atoms with Crippen LogP contribution in [0.25, 0.3) is 22.0 Å². The first kappa shape index (κ1) is 25.8. The number of para-hydroxylation sites is 1. The molecule has 1 aromatic heterocycles. The number of hydrazone groups is 1. The zero-order chi connectivity index (χ0) is 27.7. The van der Waals surface area contributed by atoms with Crippen molar-refractivity contribution in [2.45, 2.75) is 25.3 Å². The maximum atomic E-state index is 13.5. The van der Waals surface area contributed by atoms with Gasteiger partial charge in [0.15, 0.2) is 0 Å². The molecule has 0 saturated heterocycles. The highest BCUT2D eigenvalue weighted by atomic mass is 35.5. The molecule has 0 saturated carbocycles. The van der Waals surface area contributed by atoms with E-state index >= 15 is 0 Å². The van der Waals surface area contributed by atoms with Crippen LogP contribution in [0.4, 0.5) is 5.69 Å². The number of aliphatic carboxylic acids is 1. The Labute approximate surface area is 226 Å². The Bertz CT molecular complexity index is 1710. The Morgan fingerprint density at radius 2 is 1.79 bits per heavy atom. The molecule has 1 amide bonds. The number of nitrogens with one attached hydrogen (secondary N) is 1. The average molecular weight is 545 g/mol. The van der Waals surface area contributed by atoms with Gasteiger partial charge in [-0.2, -0.15) is 5.10 Å². The van der Waals surface area contributed by atoms with E-state index < -0.39 is 34.8 Å². The number of carboxylic acids is 1. The number of carbonyl (C=O) groups is 2. The van der Waals surface area contributed by atoms with Crippen molar-refractivity contribution < 1.29 is 19.6 Å². The second-order valence-electron chi connectivity index (χ2n) is 9.01. The van der Waals surface area contributed by atoms with E-state index in [0.29, 0.717) is 32.9 Å². The fourth-order valence-electron chi connectivity index (χ4n) is 4.76. The minimum absolute atomic E-state index is 0.0853. The summed E-state index contributed by atoms with van der Waals surface area (Å²) in [5.41, 5.74) is 2.33. The third kappa shape index (κ3) is 5.14. The van der Waals surface area contributed by atoms with E-state index in [1.54, 1.807) is 42.5 Å². The van der Waals surface area contributed by atoms with Gasteiger partial charge in [0.25, 0.3) is 11.2 Å². The third-order valence-electron chi connectivity index (χ3n) is 6.53. The lowest BCUT2D eigenvalue weighted by atomic mass is 9.91. The predicted octanol–water partition coefficient (Wildman–Crippen LogP) is 5.30. The number of non-ortho nitro benzene ring substituents is 1. The van der Waals surface area contributed by atoms with Crippen molar-refractivity contribution in [1.29, 1.82) is 0 Å². The van der Waals surface area contributed by atoms with Gasteiger partial charge >= 0.3 is 5.97 Å². The quantitative estimate of drug-likeness (QED) is 0.238. The number of hydrogen-bond acceptors (Lipinski definition) is 6. The molecule has 1 aliphatic heterocycles. The fourth-order valence-corrected chi connectivity index (χ4v) is 4.89. The number of fused-ring (bicyclic) bond motifs is 1. The Kier molecular flexibility index (Phi) is 6.95. The Hall–Kier alpha value is -4.83. The van der Waals surface area contributed by atoms with Crippen LogP contribution in [-0.2, 0) is 9.59 Å². The minimum atomic E-state index is -1.14. The summed E-state index contributed by atoms with van der Waals surface area (Å²) >= 11 is 6.12. The Balaban J connectivity index is 1.69. The molecule has 1 aliphatic rings. The summed E-state index contributed by atoms with van der Waals surface area (Å²) in [5.74, 6) is -1.72. The highest BCUT2D eigenvalue weighted by Crippen LogP contribution is 2.38. The monoisotopic (exact) mass is 544 g/mol. The molecular formula is C28H21ClN4O6. The molecule has 39 heavy (non-hydrogen) atoms. The molecule has 0 bridgehead atoms. The van der Waals surface area contributed by atoms with Crippen molar-refractivity contribution in [3.8, 4) is 11.1 Å². The lowest BCUT2D eigenvalue weighted by Crippen LogP contribution is -2.27. The van der Waals surface area contributed by atoms with E-state index in [-0.39, 0.29) is 24.1 Å². The number of aromatic amines is 1. The van der Waals surface area contributed by atoms with Gasteiger partial charge < -0.3 is 10.1 Å². The highest BCUT2D eigenvalue weighted by molar-refractivity contribution is 6.30. The second-order valence-corrected chi connectivity index (χ2v) is 9.44. The van der Waals surface area contributed by atoms with Gasteiger partial charge in [-0.1, -0.05) is 54.1 Å². The van der Waals surface area contributed by atoms with E-state index in [2.05, 4.69) is 10.1 Å². The summed E-state index contributed by atoms with van der Waals surface area (Å²) < 4.78 is 0. The molecule has 4 aromatic rings. The summed E-state index contributed by atoms with van der Waals surface area (Å²) in [6.45, 7) is 0. The van der Waals surface area contributed by atoms with Crippen LogP contribution in [-0.4, -0.2) is 37.6 Å². The van der Waals surface area contributed by atoms with Crippen LogP contribution in [0.1, 0.15) is 36.4 Å². The minimum Gasteiger partial charge on any atom is -0.481 e. The maximum Gasteiger partial charge on any atom is 0.303 e. The van der Waals surface area contributed by atoms with E-state index in [1.165, 1.54) is 18.2 Å². The number of amides is 1. The van der Waals surface area contributed by atoms with Gasteiger partial charge in [0.1, 0.15) is 0 Å². The van der Waals surface area contributed by atoms with E-state index in [9.17, 15) is 24.5 Å². The molecular weight excluding hydrogens is 524 g/mol. The number of halogens is 1. The van der Waals surface area contributed by atoms with Gasteiger partial charge in [0, 0.05) is 46.5 Å². The Morgan fingerprint density at radius 3 is 2.51 bits per heavy atom. The number of hydrogen-bond donors (Lipinski definition) is 2. The van der Waals surface area contributed by atoms with Gasteiger partial charge in [0.2, 0.25) is 5.91 Å². The van der Waals surface area contributed by atoms with Crippen LogP contribution in [0.3, 0.4) is 0 Å². The summed E-state index contributed by atoms with van der Waals surface area (Å²) in [7, 11) is 0. The zero-order valence-electron chi connectivity index (χ0n) is 20.3. The molecule has 3 aromatic carbocycles. The SMILES string of the molecule is O=C(O)CCC(=O)N1N=C(c2c(-c3ccc(Cl)cc3)c3ccccc3[nH]c2=O)C[C@H]1c1cccc([N+](=O)[O-])c1. The van der Waals surface area contributed by atoms with E-state index in [1.807, 2.05) is 12.1 Å². The van der Waals surface area contributed by atoms with Gasteiger partial charge in [-0.25, -0.2) is 5.01 Å². The summed E-state index contributed by atoms with van der Waals surface area (Å²) in [6, 6.07) is 19.3.